The Hall–Kier alpha value is -0.180. The van der Waals surface area contributed by atoms with Crippen LogP contribution in [0, 0.1) is 5.41 Å². The van der Waals surface area contributed by atoms with Gasteiger partial charge in [0.2, 0.25) is 0 Å². The molecule has 0 aliphatic carbocycles. The minimum absolute atomic E-state index is 0.295. The van der Waals surface area contributed by atoms with Crippen LogP contribution in [0.15, 0.2) is 4.99 Å². The second-order valence-corrected chi connectivity index (χ2v) is 6.49. The predicted octanol–water partition coefficient (Wildman–Crippen LogP) is 3.28. The monoisotopic (exact) mass is 228 g/mol. The average Bonchev–Trinajstić information content (AvgIpc) is 2.17. The van der Waals surface area contributed by atoms with Gasteiger partial charge in [-0.25, -0.2) is 0 Å². The Morgan fingerprint density at radius 3 is 2.73 bits per heavy atom. The van der Waals surface area contributed by atoms with Crippen molar-refractivity contribution in [2.45, 2.75) is 59.5 Å². The first-order chi connectivity index (χ1) is 6.93. The predicted molar refractivity (Wildman–Crippen MR) is 70.6 cm³/mol. The maximum absolute atomic E-state index is 4.81. The van der Waals surface area contributed by atoms with Crippen molar-refractivity contribution in [2.24, 2.45) is 10.4 Å². The van der Waals surface area contributed by atoms with Gasteiger partial charge in [0, 0.05) is 11.8 Å². The molecule has 3 heteroatoms. The average molecular weight is 228 g/mol. The van der Waals surface area contributed by atoms with Crippen LogP contribution in [0.3, 0.4) is 0 Å². The van der Waals surface area contributed by atoms with Crippen LogP contribution in [-0.4, -0.2) is 23.0 Å². The molecule has 0 aromatic carbocycles. The van der Waals surface area contributed by atoms with Gasteiger partial charge < -0.3 is 5.32 Å². The van der Waals surface area contributed by atoms with E-state index in [4.69, 9.17) is 4.99 Å². The summed E-state index contributed by atoms with van der Waals surface area (Å²) in [5.41, 5.74) is 0.295. The number of rotatable bonds is 2. The number of nitrogens with zero attached hydrogens (tertiary/aromatic N) is 1. The van der Waals surface area contributed by atoms with Gasteiger partial charge in [0.25, 0.3) is 0 Å². The molecule has 0 radical (unpaired) electrons. The Morgan fingerprint density at radius 1 is 1.53 bits per heavy atom. The summed E-state index contributed by atoms with van der Waals surface area (Å²) < 4.78 is 0. The molecule has 0 amide bonds. The number of hydrogen-bond acceptors (Lipinski definition) is 3. The summed E-state index contributed by atoms with van der Waals surface area (Å²) in [5.74, 6) is 1.20. The minimum Gasteiger partial charge on any atom is -0.362 e. The van der Waals surface area contributed by atoms with Crippen molar-refractivity contribution in [1.82, 2.24) is 5.32 Å². The Balaban J connectivity index is 2.61. The SMILES string of the molecule is CCC(C)NC1=NC(C(C)(C)C)CCS1. The van der Waals surface area contributed by atoms with Gasteiger partial charge in [0.15, 0.2) is 5.17 Å². The zero-order valence-corrected chi connectivity index (χ0v) is 11.4. The molecule has 88 valence electrons. The van der Waals surface area contributed by atoms with Gasteiger partial charge in [-0.3, -0.25) is 4.99 Å². The largest absolute Gasteiger partial charge is 0.362 e. The van der Waals surface area contributed by atoms with Crippen LogP contribution in [-0.2, 0) is 0 Å². The second-order valence-electron chi connectivity index (χ2n) is 5.41. The second kappa shape index (κ2) is 5.24. The van der Waals surface area contributed by atoms with Crippen LogP contribution in [0.25, 0.3) is 0 Å². The molecular weight excluding hydrogens is 204 g/mol. The Labute approximate surface area is 98.3 Å². The van der Waals surface area contributed by atoms with E-state index in [0.717, 1.165) is 11.6 Å². The van der Waals surface area contributed by atoms with Crippen molar-refractivity contribution < 1.29 is 0 Å². The highest BCUT2D eigenvalue weighted by atomic mass is 32.2. The van der Waals surface area contributed by atoms with Gasteiger partial charge in [0.05, 0.1) is 6.04 Å². The van der Waals surface area contributed by atoms with E-state index >= 15 is 0 Å². The van der Waals surface area contributed by atoms with E-state index in [2.05, 4.69) is 39.9 Å². The summed E-state index contributed by atoms with van der Waals surface area (Å²) in [4.78, 5) is 4.81. The molecule has 0 saturated carbocycles. The summed E-state index contributed by atoms with van der Waals surface area (Å²) in [6.07, 6.45) is 2.36. The van der Waals surface area contributed by atoms with Crippen molar-refractivity contribution in [3.63, 3.8) is 0 Å². The Bertz CT molecular complexity index is 230. The molecule has 1 N–H and O–H groups in total. The smallest absolute Gasteiger partial charge is 0.157 e. The highest BCUT2D eigenvalue weighted by Crippen LogP contribution is 2.30. The lowest BCUT2D eigenvalue weighted by atomic mass is 9.85. The van der Waals surface area contributed by atoms with Gasteiger partial charge in [-0.15, -0.1) is 0 Å². The third kappa shape index (κ3) is 4.06. The molecule has 2 atom stereocenters. The van der Waals surface area contributed by atoms with Crippen molar-refractivity contribution in [3.8, 4) is 0 Å². The van der Waals surface area contributed by atoms with E-state index in [1.807, 2.05) is 11.8 Å². The molecule has 15 heavy (non-hydrogen) atoms. The molecule has 0 fully saturated rings. The third-order valence-corrected chi connectivity index (χ3v) is 3.82. The van der Waals surface area contributed by atoms with Crippen LogP contribution in [0.2, 0.25) is 0 Å². The van der Waals surface area contributed by atoms with Gasteiger partial charge in [0.1, 0.15) is 0 Å². The summed E-state index contributed by atoms with van der Waals surface area (Å²) >= 11 is 1.87. The molecule has 0 saturated heterocycles. The van der Waals surface area contributed by atoms with E-state index in [1.54, 1.807) is 0 Å². The lowest BCUT2D eigenvalue weighted by Crippen LogP contribution is -2.36. The fourth-order valence-electron chi connectivity index (χ4n) is 1.53. The van der Waals surface area contributed by atoms with E-state index in [-0.39, 0.29) is 0 Å². The first-order valence-corrected chi connectivity index (χ1v) is 6.89. The molecule has 0 spiro atoms. The van der Waals surface area contributed by atoms with E-state index in [1.165, 1.54) is 12.2 Å². The Morgan fingerprint density at radius 2 is 2.20 bits per heavy atom. The lowest BCUT2D eigenvalue weighted by molar-refractivity contribution is 0.315. The van der Waals surface area contributed by atoms with Gasteiger partial charge >= 0.3 is 0 Å². The number of thioether (sulfide) groups is 1. The zero-order valence-electron chi connectivity index (χ0n) is 10.6. The molecule has 1 aliphatic heterocycles. The van der Waals surface area contributed by atoms with Gasteiger partial charge in [-0.2, -0.15) is 0 Å². The van der Waals surface area contributed by atoms with Crippen LogP contribution >= 0.6 is 11.8 Å². The molecule has 1 heterocycles. The number of hydrogen-bond donors (Lipinski definition) is 1. The normalized spacial score (nSPS) is 24.6. The van der Waals surface area contributed by atoms with Gasteiger partial charge in [-0.05, 0) is 25.2 Å². The fraction of sp³-hybridized carbons (Fsp3) is 0.917. The molecule has 0 aromatic heterocycles. The summed E-state index contributed by atoms with van der Waals surface area (Å²) in [7, 11) is 0. The fourth-order valence-corrected chi connectivity index (χ4v) is 2.55. The maximum atomic E-state index is 4.81. The number of aliphatic imine (C=N–C) groups is 1. The quantitative estimate of drug-likeness (QED) is 0.784. The first-order valence-electron chi connectivity index (χ1n) is 5.90. The Kier molecular flexibility index (Phi) is 4.50. The summed E-state index contributed by atoms with van der Waals surface area (Å²) in [5, 5.41) is 4.63. The molecule has 1 aliphatic rings. The standard InChI is InChI=1S/C12H24N2S/c1-6-9(2)13-11-14-10(7-8-15-11)12(3,4)5/h9-10H,6-8H2,1-5H3,(H,13,14). The molecular formula is C12H24N2S. The van der Waals surface area contributed by atoms with Crippen molar-refractivity contribution in [2.75, 3.05) is 5.75 Å². The number of nitrogens with one attached hydrogen (secondary N) is 1. The van der Waals surface area contributed by atoms with Gasteiger partial charge in [-0.1, -0.05) is 39.5 Å². The van der Waals surface area contributed by atoms with E-state index < -0.39 is 0 Å². The molecule has 0 aromatic rings. The maximum Gasteiger partial charge on any atom is 0.157 e. The highest BCUT2D eigenvalue weighted by molar-refractivity contribution is 8.13. The van der Waals surface area contributed by atoms with Crippen LogP contribution in [0.4, 0.5) is 0 Å². The molecule has 0 bridgehead atoms. The number of amidine groups is 1. The zero-order chi connectivity index (χ0) is 11.5. The van der Waals surface area contributed by atoms with Crippen molar-refractivity contribution >= 4 is 16.9 Å². The lowest BCUT2D eigenvalue weighted by Gasteiger charge is -2.31. The summed E-state index contributed by atoms with van der Waals surface area (Å²) in [6.45, 7) is 11.2. The summed E-state index contributed by atoms with van der Waals surface area (Å²) in [6, 6.07) is 1.01. The first kappa shape index (κ1) is 12.9. The van der Waals surface area contributed by atoms with E-state index in [9.17, 15) is 0 Å². The van der Waals surface area contributed by atoms with E-state index in [0.29, 0.717) is 17.5 Å². The molecule has 2 nitrogen and oxygen atoms in total. The minimum atomic E-state index is 0.295. The molecule has 1 rings (SSSR count). The third-order valence-electron chi connectivity index (χ3n) is 2.89. The van der Waals surface area contributed by atoms with Crippen LogP contribution in [0.5, 0.6) is 0 Å². The topological polar surface area (TPSA) is 24.4 Å². The highest BCUT2D eigenvalue weighted by Gasteiger charge is 2.27. The van der Waals surface area contributed by atoms with Crippen molar-refractivity contribution in [1.29, 1.82) is 0 Å². The molecule has 2 unspecified atom stereocenters. The van der Waals surface area contributed by atoms with Crippen LogP contribution < -0.4 is 5.32 Å². The van der Waals surface area contributed by atoms with Crippen LogP contribution in [0.1, 0.15) is 47.5 Å². The van der Waals surface area contributed by atoms with Crippen molar-refractivity contribution in [3.05, 3.63) is 0 Å².